The van der Waals surface area contributed by atoms with Crippen LogP contribution in [0.5, 0.6) is 0 Å². The van der Waals surface area contributed by atoms with Gasteiger partial charge in [0, 0.05) is 16.1 Å². The van der Waals surface area contributed by atoms with Crippen molar-refractivity contribution in [3.8, 4) is 0 Å². The van der Waals surface area contributed by atoms with Crippen LogP contribution >= 0.6 is 23.2 Å². The Balaban J connectivity index is 1.68. The average molecular weight is 360 g/mol. The normalized spacial score (nSPS) is 10.6. The Bertz CT molecular complexity index is 843. The Labute approximate surface area is 150 Å². The average Bonchev–Trinajstić information content (AvgIpc) is 2.99. The minimum absolute atomic E-state index is 0.113. The molecule has 4 nitrogen and oxygen atoms in total. The molecule has 0 aliphatic rings. The fourth-order valence-electron chi connectivity index (χ4n) is 2.33. The highest BCUT2D eigenvalue weighted by molar-refractivity contribution is 6.31. The van der Waals surface area contributed by atoms with E-state index in [1.807, 2.05) is 36.4 Å². The molecule has 3 aromatic rings. The van der Waals surface area contributed by atoms with E-state index >= 15 is 0 Å². The van der Waals surface area contributed by atoms with E-state index in [9.17, 15) is 4.79 Å². The lowest BCUT2D eigenvalue weighted by Gasteiger charge is -2.10. The number of carbonyl (C=O) groups excluding carboxylic acids is 1. The third-order valence-corrected chi connectivity index (χ3v) is 4.16. The van der Waals surface area contributed by atoms with Crippen molar-refractivity contribution in [2.24, 2.45) is 0 Å². The van der Waals surface area contributed by atoms with Crippen LogP contribution in [0.25, 0.3) is 0 Å². The van der Waals surface area contributed by atoms with Crippen molar-refractivity contribution in [1.82, 2.24) is 9.78 Å². The molecule has 6 heteroatoms. The number of nitrogens with zero attached hydrogens (tertiary/aromatic N) is 2. The highest BCUT2D eigenvalue weighted by Gasteiger charge is 2.10. The third-order valence-electron chi connectivity index (χ3n) is 3.54. The first-order valence-corrected chi connectivity index (χ1v) is 8.17. The number of carbonyl (C=O) groups is 1. The van der Waals surface area contributed by atoms with Gasteiger partial charge in [-0.3, -0.25) is 4.79 Å². The molecule has 0 atom stereocenters. The summed E-state index contributed by atoms with van der Waals surface area (Å²) in [5.74, 6) is 0.520. The summed E-state index contributed by atoms with van der Waals surface area (Å²) in [6, 6.07) is 16.5. The van der Waals surface area contributed by atoms with Gasteiger partial charge in [0.1, 0.15) is 5.82 Å². The number of nitrogens with one attached hydrogen (secondary N) is 1. The van der Waals surface area contributed by atoms with Crippen LogP contribution in [0.1, 0.15) is 11.1 Å². The van der Waals surface area contributed by atoms with Crippen molar-refractivity contribution in [2.45, 2.75) is 13.0 Å². The van der Waals surface area contributed by atoms with Crippen molar-refractivity contribution in [3.05, 3.63) is 82.0 Å². The minimum atomic E-state index is -0.113. The van der Waals surface area contributed by atoms with Crippen molar-refractivity contribution in [1.29, 1.82) is 0 Å². The number of benzene rings is 2. The second-order valence-electron chi connectivity index (χ2n) is 5.32. The van der Waals surface area contributed by atoms with Crippen LogP contribution in [0.15, 0.2) is 60.8 Å². The van der Waals surface area contributed by atoms with E-state index in [0.29, 0.717) is 22.4 Å². The highest BCUT2D eigenvalue weighted by atomic mass is 35.5. The predicted molar refractivity (Wildman–Crippen MR) is 96.6 cm³/mol. The maximum atomic E-state index is 12.2. The number of anilines is 1. The van der Waals surface area contributed by atoms with Crippen LogP contribution in [-0.2, 0) is 17.8 Å². The monoisotopic (exact) mass is 359 g/mol. The Morgan fingerprint density at radius 1 is 1.04 bits per heavy atom. The van der Waals surface area contributed by atoms with E-state index in [0.717, 1.165) is 11.1 Å². The molecular formula is C18H15Cl2N3O. The number of hydrogen-bond acceptors (Lipinski definition) is 2. The summed E-state index contributed by atoms with van der Waals surface area (Å²) >= 11 is 12.0. The quantitative estimate of drug-likeness (QED) is 0.732. The Hall–Kier alpha value is -2.30. The number of halogens is 2. The van der Waals surface area contributed by atoms with Gasteiger partial charge in [0.05, 0.1) is 19.2 Å². The Morgan fingerprint density at radius 3 is 2.54 bits per heavy atom. The summed E-state index contributed by atoms with van der Waals surface area (Å²) in [5, 5.41) is 8.45. The van der Waals surface area contributed by atoms with Crippen molar-refractivity contribution < 1.29 is 4.79 Å². The zero-order valence-electron chi connectivity index (χ0n) is 12.7. The smallest absolute Gasteiger partial charge is 0.229 e. The number of rotatable bonds is 5. The molecule has 3 rings (SSSR count). The topological polar surface area (TPSA) is 46.9 Å². The maximum Gasteiger partial charge on any atom is 0.229 e. The lowest BCUT2D eigenvalue weighted by atomic mass is 10.1. The van der Waals surface area contributed by atoms with Crippen LogP contribution in [0.4, 0.5) is 5.82 Å². The number of amides is 1. The molecule has 0 radical (unpaired) electrons. The largest absolute Gasteiger partial charge is 0.311 e. The van der Waals surface area contributed by atoms with Gasteiger partial charge in [-0.1, -0.05) is 53.5 Å². The number of aromatic nitrogens is 2. The molecule has 1 aromatic heterocycles. The molecule has 0 spiro atoms. The van der Waals surface area contributed by atoms with Crippen molar-refractivity contribution in [2.75, 3.05) is 5.32 Å². The van der Waals surface area contributed by atoms with Gasteiger partial charge in [-0.15, -0.1) is 0 Å². The van der Waals surface area contributed by atoms with Gasteiger partial charge in [0.25, 0.3) is 0 Å². The van der Waals surface area contributed by atoms with E-state index in [1.165, 1.54) is 0 Å². The summed E-state index contributed by atoms with van der Waals surface area (Å²) in [6.07, 6.45) is 1.92. The predicted octanol–water partition coefficient (Wildman–Crippen LogP) is 4.42. The van der Waals surface area contributed by atoms with Gasteiger partial charge in [0.15, 0.2) is 0 Å². The zero-order chi connectivity index (χ0) is 16.9. The highest BCUT2D eigenvalue weighted by Crippen LogP contribution is 2.18. The van der Waals surface area contributed by atoms with Gasteiger partial charge in [0.2, 0.25) is 5.91 Å². The summed E-state index contributed by atoms with van der Waals surface area (Å²) in [4.78, 5) is 12.2. The lowest BCUT2D eigenvalue weighted by molar-refractivity contribution is -0.115. The fourth-order valence-corrected chi connectivity index (χ4v) is 2.65. The molecule has 0 unspecified atom stereocenters. The lowest BCUT2D eigenvalue weighted by Crippen LogP contribution is -2.18. The van der Waals surface area contributed by atoms with E-state index in [-0.39, 0.29) is 12.3 Å². The minimum Gasteiger partial charge on any atom is -0.311 e. The third kappa shape index (κ3) is 4.16. The molecule has 2 aromatic carbocycles. The van der Waals surface area contributed by atoms with Gasteiger partial charge >= 0.3 is 0 Å². The van der Waals surface area contributed by atoms with Gasteiger partial charge in [-0.05, 0) is 29.3 Å². The molecule has 1 N–H and O–H groups in total. The van der Waals surface area contributed by atoms with E-state index in [2.05, 4.69) is 10.4 Å². The zero-order valence-corrected chi connectivity index (χ0v) is 14.3. The number of hydrogen-bond donors (Lipinski definition) is 1. The molecule has 0 aliphatic heterocycles. The Morgan fingerprint density at radius 2 is 1.79 bits per heavy atom. The van der Waals surface area contributed by atoms with Crippen molar-refractivity contribution >= 4 is 34.9 Å². The van der Waals surface area contributed by atoms with Gasteiger partial charge in [-0.2, -0.15) is 5.10 Å². The van der Waals surface area contributed by atoms with E-state index in [4.69, 9.17) is 23.2 Å². The standard InChI is InChI=1S/C18H15Cl2N3O/c19-15-7-5-13(6-8-15)11-18(24)22-17-9-10-21-23(17)12-14-3-1-2-4-16(14)20/h1-10H,11-12H2,(H,22,24). The van der Waals surface area contributed by atoms with Gasteiger partial charge < -0.3 is 5.32 Å². The first-order valence-electron chi connectivity index (χ1n) is 7.41. The molecule has 122 valence electrons. The molecule has 0 saturated carbocycles. The molecule has 0 saturated heterocycles. The molecule has 1 heterocycles. The first kappa shape index (κ1) is 16.6. The molecule has 0 fully saturated rings. The molecule has 0 aliphatic carbocycles. The summed E-state index contributed by atoms with van der Waals surface area (Å²) < 4.78 is 1.71. The second-order valence-corrected chi connectivity index (χ2v) is 6.16. The maximum absolute atomic E-state index is 12.2. The molecule has 24 heavy (non-hydrogen) atoms. The summed E-state index contributed by atoms with van der Waals surface area (Å²) in [7, 11) is 0. The molecule has 0 bridgehead atoms. The Kier molecular flexibility index (Phi) is 5.18. The van der Waals surface area contributed by atoms with Crippen LogP contribution in [0.2, 0.25) is 10.0 Å². The first-order chi connectivity index (χ1) is 11.6. The van der Waals surface area contributed by atoms with Crippen LogP contribution in [0, 0.1) is 0 Å². The fraction of sp³-hybridized carbons (Fsp3) is 0.111. The van der Waals surface area contributed by atoms with Crippen LogP contribution < -0.4 is 5.32 Å². The molecular weight excluding hydrogens is 345 g/mol. The SMILES string of the molecule is O=C(Cc1ccc(Cl)cc1)Nc1ccnn1Cc1ccccc1Cl. The van der Waals surface area contributed by atoms with Crippen LogP contribution in [-0.4, -0.2) is 15.7 Å². The van der Waals surface area contributed by atoms with Gasteiger partial charge in [-0.25, -0.2) is 4.68 Å². The van der Waals surface area contributed by atoms with E-state index < -0.39 is 0 Å². The van der Waals surface area contributed by atoms with Crippen molar-refractivity contribution in [3.63, 3.8) is 0 Å². The second kappa shape index (κ2) is 7.51. The summed E-state index contributed by atoms with van der Waals surface area (Å²) in [5.41, 5.74) is 1.84. The van der Waals surface area contributed by atoms with Crippen LogP contribution in [0.3, 0.4) is 0 Å². The summed E-state index contributed by atoms with van der Waals surface area (Å²) in [6.45, 7) is 0.489. The molecule has 1 amide bonds. The van der Waals surface area contributed by atoms with E-state index in [1.54, 1.807) is 29.1 Å².